The smallest absolute Gasteiger partial charge is 0.164 e. The lowest BCUT2D eigenvalue weighted by Crippen LogP contribution is -2.22. The predicted octanol–water partition coefficient (Wildman–Crippen LogP) is 3.38. The molecule has 4 heteroatoms. The van der Waals surface area contributed by atoms with Crippen molar-refractivity contribution in [3.63, 3.8) is 0 Å². The number of hydrogen-bond donors (Lipinski definition) is 1. The van der Waals surface area contributed by atoms with Gasteiger partial charge in [0.25, 0.3) is 0 Å². The highest BCUT2D eigenvalue weighted by molar-refractivity contribution is 6.31. The van der Waals surface area contributed by atoms with Gasteiger partial charge in [0.1, 0.15) is 0 Å². The molecule has 1 aromatic carbocycles. The van der Waals surface area contributed by atoms with E-state index < -0.39 is 0 Å². The topological polar surface area (TPSA) is 15.3 Å². The Morgan fingerprint density at radius 3 is 2.82 bits per heavy atom. The molecule has 0 atom stereocenters. The van der Waals surface area contributed by atoms with Gasteiger partial charge in [0.2, 0.25) is 0 Å². The van der Waals surface area contributed by atoms with Gasteiger partial charge >= 0.3 is 0 Å². The van der Waals surface area contributed by atoms with Gasteiger partial charge in [-0.25, -0.2) is 4.39 Å². The zero-order chi connectivity index (χ0) is 12.1. The van der Waals surface area contributed by atoms with Crippen molar-refractivity contribution in [1.82, 2.24) is 4.90 Å². The molecule has 0 aliphatic carbocycles. The van der Waals surface area contributed by atoms with Crippen molar-refractivity contribution in [1.29, 1.82) is 0 Å². The van der Waals surface area contributed by atoms with E-state index in [2.05, 4.69) is 10.2 Å². The van der Waals surface area contributed by atoms with E-state index in [9.17, 15) is 4.39 Å². The lowest BCUT2D eigenvalue weighted by atomic mass is 10.3. The minimum Gasteiger partial charge on any atom is -0.383 e. The van der Waals surface area contributed by atoms with E-state index in [1.54, 1.807) is 18.2 Å². The highest BCUT2D eigenvalue weighted by atomic mass is 35.5. The molecule has 0 saturated carbocycles. The van der Waals surface area contributed by atoms with Crippen molar-refractivity contribution >= 4 is 17.3 Å². The highest BCUT2D eigenvalue weighted by Gasteiger charge is 2.10. The predicted molar refractivity (Wildman–Crippen MR) is 70.2 cm³/mol. The minimum atomic E-state index is -0.352. The van der Waals surface area contributed by atoms with Gasteiger partial charge in [-0.3, -0.25) is 0 Å². The van der Waals surface area contributed by atoms with E-state index in [4.69, 9.17) is 11.6 Å². The van der Waals surface area contributed by atoms with Crippen molar-refractivity contribution in [2.45, 2.75) is 19.3 Å². The van der Waals surface area contributed by atoms with Crippen LogP contribution in [0.4, 0.5) is 10.1 Å². The van der Waals surface area contributed by atoms with Crippen molar-refractivity contribution in [2.24, 2.45) is 0 Å². The number of halogens is 2. The van der Waals surface area contributed by atoms with Crippen LogP contribution in [0.15, 0.2) is 18.2 Å². The summed E-state index contributed by atoms with van der Waals surface area (Å²) in [6.45, 7) is 4.31. The van der Waals surface area contributed by atoms with Crippen LogP contribution in [0.3, 0.4) is 0 Å². The zero-order valence-corrected chi connectivity index (χ0v) is 10.6. The summed E-state index contributed by atoms with van der Waals surface area (Å²) in [4.78, 5) is 2.45. The Bertz CT molecular complexity index is 364. The van der Waals surface area contributed by atoms with Crippen molar-refractivity contribution in [3.05, 3.63) is 29.0 Å². The Hall–Kier alpha value is -0.800. The lowest BCUT2D eigenvalue weighted by Gasteiger charge is -2.15. The fraction of sp³-hybridized carbons (Fsp3) is 0.538. The number of rotatable bonds is 5. The average molecular weight is 257 g/mol. The van der Waals surface area contributed by atoms with E-state index in [1.807, 2.05) is 0 Å². The Labute approximate surface area is 107 Å². The van der Waals surface area contributed by atoms with Crippen LogP contribution in [0.1, 0.15) is 19.3 Å². The SMILES string of the molecule is Fc1c(Cl)cccc1NCCCN1CCCC1. The van der Waals surface area contributed by atoms with E-state index in [1.165, 1.54) is 25.9 Å². The fourth-order valence-electron chi connectivity index (χ4n) is 2.17. The maximum absolute atomic E-state index is 13.5. The number of nitrogens with zero attached hydrogens (tertiary/aromatic N) is 1. The van der Waals surface area contributed by atoms with Crippen molar-refractivity contribution in [2.75, 3.05) is 31.5 Å². The second kappa shape index (κ2) is 6.22. The Balaban J connectivity index is 1.72. The average Bonchev–Trinajstić information content (AvgIpc) is 2.83. The molecular weight excluding hydrogens is 239 g/mol. The van der Waals surface area contributed by atoms with Gasteiger partial charge in [-0.2, -0.15) is 0 Å². The molecule has 0 amide bonds. The number of benzene rings is 1. The largest absolute Gasteiger partial charge is 0.383 e. The quantitative estimate of drug-likeness (QED) is 0.813. The number of nitrogens with one attached hydrogen (secondary N) is 1. The second-order valence-electron chi connectivity index (χ2n) is 4.43. The molecule has 1 fully saturated rings. The van der Waals surface area contributed by atoms with Crippen molar-refractivity contribution in [3.8, 4) is 0 Å². The molecule has 0 unspecified atom stereocenters. The molecule has 0 spiro atoms. The summed E-state index contributed by atoms with van der Waals surface area (Å²) in [7, 11) is 0. The monoisotopic (exact) mass is 256 g/mol. The van der Waals surface area contributed by atoms with Crippen LogP contribution in [0, 0.1) is 5.82 Å². The minimum absolute atomic E-state index is 0.176. The Morgan fingerprint density at radius 1 is 1.29 bits per heavy atom. The summed E-state index contributed by atoms with van der Waals surface area (Å²) in [5, 5.41) is 3.27. The van der Waals surface area contributed by atoms with Crippen LogP contribution in [0.5, 0.6) is 0 Å². The normalized spacial score (nSPS) is 16.4. The van der Waals surface area contributed by atoms with Gasteiger partial charge in [-0.1, -0.05) is 17.7 Å². The molecule has 1 heterocycles. The Kier molecular flexibility index (Phi) is 4.63. The third kappa shape index (κ3) is 3.58. The first-order valence-corrected chi connectivity index (χ1v) is 6.55. The van der Waals surface area contributed by atoms with Gasteiger partial charge in [-0.05, 0) is 51.0 Å². The molecule has 2 rings (SSSR count). The van der Waals surface area contributed by atoms with E-state index in [0.717, 1.165) is 19.5 Å². The van der Waals surface area contributed by atoms with Gasteiger partial charge < -0.3 is 10.2 Å². The zero-order valence-electron chi connectivity index (χ0n) is 9.88. The van der Waals surface area contributed by atoms with Crippen LogP contribution in [0.2, 0.25) is 5.02 Å². The molecular formula is C13H18ClFN2. The Morgan fingerprint density at radius 2 is 2.06 bits per heavy atom. The maximum atomic E-state index is 13.5. The molecule has 0 radical (unpaired) electrons. The standard InChI is InChI=1S/C13H18ClFN2/c14-11-5-3-6-12(13(11)15)16-7-4-10-17-8-1-2-9-17/h3,5-6,16H,1-2,4,7-10H2. The lowest BCUT2D eigenvalue weighted by molar-refractivity contribution is 0.337. The van der Waals surface area contributed by atoms with Crippen LogP contribution < -0.4 is 5.32 Å². The van der Waals surface area contributed by atoms with Crippen LogP contribution in [-0.4, -0.2) is 31.1 Å². The summed E-state index contributed by atoms with van der Waals surface area (Å²) in [6, 6.07) is 5.04. The first-order valence-electron chi connectivity index (χ1n) is 6.17. The van der Waals surface area contributed by atoms with E-state index in [0.29, 0.717) is 5.69 Å². The number of anilines is 1. The second-order valence-corrected chi connectivity index (χ2v) is 4.84. The molecule has 94 valence electrons. The van der Waals surface area contributed by atoms with Crippen LogP contribution in [0.25, 0.3) is 0 Å². The summed E-state index contributed by atoms with van der Waals surface area (Å²) in [5.41, 5.74) is 0.499. The van der Waals surface area contributed by atoms with E-state index >= 15 is 0 Å². The molecule has 1 saturated heterocycles. The van der Waals surface area contributed by atoms with Gasteiger partial charge in [0.05, 0.1) is 10.7 Å². The summed E-state index contributed by atoms with van der Waals surface area (Å²) < 4.78 is 13.5. The maximum Gasteiger partial charge on any atom is 0.164 e. The fourth-order valence-corrected chi connectivity index (χ4v) is 2.35. The first kappa shape index (κ1) is 12.7. The van der Waals surface area contributed by atoms with E-state index in [-0.39, 0.29) is 10.8 Å². The van der Waals surface area contributed by atoms with Crippen LogP contribution in [-0.2, 0) is 0 Å². The summed E-state index contributed by atoms with van der Waals surface area (Å²) in [5.74, 6) is -0.352. The van der Waals surface area contributed by atoms with Crippen LogP contribution >= 0.6 is 11.6 Å². The third-order valence-electron chi connectivity index (χ3n) is 3.12. The molecule has 1 aliphatic heterocycles. The number of hydrogen-bond acceptors (Lipinski definition) is 2. The molecule has 1 N–H and O–H groups in total. The van der Waals surface area contributed by atoms with Gasteiger partial charge in [-0.15, -0.1) is 0 Å². The third-order valence-corrected chi connectivity index (χ3v) is 3.41. The van der Waals surface area contributed by atoms with Crippen molar-refractivity contribution < 1.29 is 4.39 Å². The number of likely N-dealkylation sites (tertiary alicyclic amines) is 1. The molecule has 0 bridgehead atoms. The molecule has 17 heavy (non-hydrogen) atoms. The first-order chi connectivity index (χ1) is 8.27. The summed E-state index contributed by atoms with van der Waals surface area (Å²) >= 11 is 5.71. The van der Waals surface area contributed by atoms with Gasteiger partial charge in [0, 0.05) is 6.54 Å². The van der Waals surface area contributed by atoms with Gasteiger partial charge in [0.15, 0.2) is 5.82 Å². The molecule has 1 aliphatic rings. The molecule has 2 nitrogen and oxygen atoms in total. The molecule has 0 aromatic heterocycles. The summed E-state index contributed by atoms with van der Waals surface area (Å²) in [6.07, 6.45) is 3.67. The highest BCUT2D eigenvalue weighted by Crippen LogP contribution is 2.21. The molecule has 1 aromatic rings.